The fraction of sp³-hybridized carbons (Fsp3) is 0.296. The number of carbonyl (C=O) groups excluding carboxylic acids is 1. The Morgan fingerprint density at radius 2 is 1.74 bits per heavy atom. The van der Waals surface area contributed by atoms with Crippen molar-refractivity contribution in [2.24, 2.45) is 5.92 Å². The predicted molar refractivity (Wildman–Crippen MR) is 147 cm³/mol. The predicted octanol–water partition coefficient (Wildman–Crippen LogP) is 4.62. The van der Waals surface area contributed by atoms with Crippen LogP contribution in [0.15, 0.2) is 70.6 Å². The quantitative estimate of drug-likeness (QED) is 0.358. The van der Waals surface area contributed by atoms with Crippen molar-refractivity contribution >= 4 is 43.2 Å². The zero-order valence-electron chi connectivity index (χ0n) is 21.1. The van der Waals surface area contributed by atoms with Crippen molar-refractivity contribution in [3.05, 3.63) is 76.2 Å². The van der Waals surface area contributed by atoms with Gasteiger partial charge in [-0.3, -0.25) is 14.2 Å². The highest BCUT2D eigenvalue weighted by atomic mass is 32.2. The molecule has 1 fully saturated rings. The molecule has 0 atom stereocenters. The van der Waals surface area contributed by atoms with Crippen LogP contribution in [-0.2, 0) is 21.4 Å². The molecule has 1 aliphatic heterocycles. The molecule has 0 aliphatic carbocycles. The summed E-state index contributed by atoms with van der Waals surface area (Å²) in [6.07, 6.45) is 2.85. The van der Waals surface area contributed by atoms with Crippen molar-refractivity contribution in [3.63, 3.8) is 0 Å². The normalized spacial score (nSPS) is 15.0. The Hall–Kier alpha value is -3.54. The molecule has 2 aromatic heterocycles. The zero-order chi connectivity index (χ0) is 26.9. The van der Waals surface area contributed by atoms with Crippen LogP contribution in [-0.4, -0.2) is 41.3 Å². The number of nitrogens with one attached hydrogen (secondary N) is 1. The molecule has 3 heterocycles. The van der Waals surface area contributed by atoms with Crippen molar-refractivity contribution in [2.75, 3.05) is 18.4 Å². The number of fused-ring (bicyclic) bond motifs is 1. The molecule has 0 unspecified atom stereocenters. The number of thiophene rings is 1. The van der Waals surface area contributed by atoms with Crippen LogP contribution in [0.4, 0.5) is 5.69 Å². The molecular formula is C27H28N4O5S2. The minimum Gasteiger partial charge on any atom is -0.457 e. The second-order valence-electron chi connectivity index (χ2n) is 9.42. The number of rotatable bonds is 7. The second-order valence-corrected chi connectivity index (χ2v) is 12.5. The third kappa shape index (κ3) is 5.35. The van der Waals surface area contributed by atoms with E-state index in [2.05, 4.69) is 17.2 Å². The maximum atomic E-state index is 13.5. The van der Waals surface area contributed by atoms with E-state index < -0.39 is 21.5 Å². The van der Waals surface area contributed by atoms with Crippen LogP contribution in [0.25, 0.3) is 10.2 Å². The fourth-order valence-electron chi connectivity index (χ4n) is 4.48. The standard InChI is InChI=1S/C27H28N4O5S2/c1-18-12-14-31(15-13-18)38(34,35)25-19(2)37-26-24(25)27(33)30(17-28-26)16-23(32)29-20-8-10-22(11-9-20)36-21-6-4-3-5-7-21/h3-11,17-18H,12-16H2,1-2H3,(H,29,32). The van der Waals surface area contributed by atoms with E-state index in [0.717, 1.165) is 17.4 Å². The average molecular weight is 553 g/mol. The molecular weight excluding hydrogens is 524 g/mol. The van der Waals surface area contributed by atoms with Crippen molar-refractivity contribution < 1.29 is 17.9 Å². The van der Waals surface area contributed by atoms with Gasteiger partial charge in [-0.05, 0) is 62.1 Å². The van der Waals surface area contributed by atoms with E-state index >= 15 is 0 Å². The van der Waals surface area contributed by atoms with Crippen molar-refractivity contribution in [3.8, 4) is 11.5 Å². The van der Waals surface area contributed by atoms with Crippen molar-refractivity contribution in [1.29, 1.82) is 0 Å². The Morgan fingerprint density at radius 1 is 1.08 bits per heavy atom. The van der Waals surface area contributed by atoms with Gasteiger partial charge in [0.25, 0.3) is 5.56 Å². The number of aryl methyl sites for hydroxylation is 1. The van der Waals surface area contributed by atoms with Crippen LogP contribution >= 0.6 is 11.3 Å². The maximum Gasteiger partial charge on any atom is 0.263 e. The first kappa shape index (κ1) is 26.1. The first-order valence-corrected chi connectivity index (χ1v) is 14.6. The molecule has 9 nitrogen and oxygen atoms in total. The van der Waals surface area contributed by atoms with E-state index in [-0.39, 0.29) is 16.8 Å². The van der Waals surface area contributed by atoms with Gasteiger partial charge in [-0.1, -0.05) is 25.1 Å². The number of nitrogens with zero attached hydrogens (tertiary/aromatic N) is 3. The largest absolute Gasteiger partial charge is 0.457 e. The van der Waals surface area contributed by atoms with Crippen LogP contribution in [0.2, 0.25) is 0 Å². The van der Waals surface area contributed by atoms with Crippen LogP contribution in [0, 0.1) is 12.8 Å². The third-order valence-corrected chi connectivity index (χ3v) is 9.78. The summed E-state index contributed by atoms with van der Waals surface area (Å²) in [6.45, 7) is 4.33. The highest BCUT2D eigenvalue weighted by Crippen LogP contribution is 2.34. The number of para-hydroxylation sites is 1. The monoisotopic (exact) mass is 552 g/mol. The van der Waals surface area contributed by atoms with Crippen LogP contribution < -0.4 is 15.6 Å². The lowest BCUT2D eigenvalue weighted by Crippen LogP contribution is -2.38. The van der Waals surface area contributed by atoms with Gasteiger partial charge in [-0.2, -0.15) is 4.31 Å². The summed E-state index contributed by atoms with van der Waals surface area (Å²) in [4.78, 5) is 31.3. The molecule has 198 valence electrons. The number of hydrogen-bond acceptors (Lipinski definition) is 7. The Morgan fingerprint density at radius 3 is 2.42 bits per heavy atom. The number of hydrogen-bond donors (Lipinski definition) is 1. The average Bonchev–Trinajstić information content (AvgIpc) is 3.25. The lowest BCUT2D eigenvalue weighted by Gasteiger charge is -2.29. The molecule has 0 saturated carbocycles. The number of amides is 1. The van der Waals surface area contributed by atoms with Gasteiger partial charge < -0.3 is 10.1 Å². The smallest absolute Gasteiger partial charge is 0.263 e. The van der Waals surface area contributed by atoms with Crippen LogP contribution in [0.1, 0.15) is 24.6 Å². The first-order valence-electron chi connectivity index (χ1n) is 12.3. The molecule has 0 bridgehead atoms. The number of piperidine rings is 1. The number of carbonyl (C=O) groups is 1. The summed E-state index contributed by atoms with van der Waals surface area (Å²) in [5.41, 5.74) is -0.0171. The Balaban J connectivity index is 1.34. The SMILES string of the molecule is Cc1sc2ncn(CC(=O)Nc3ccc(Oc4ccccc4)cc3)c(=O)c2c1S(=O)(=O)N1CCC(C)CC1. The summed E-state index contributed by atoms with van der Waals surface area (Å²) in [6, 6.07) is 16.2. The Kier molecular flexibility index (Phi) is 7.33. The molecule has 1 aliphatic rings. The highest BCUT2D eigenvalue weighted by Gasteiger charge is 2.33. The van der Waals surface area contributed by atoms with Crippen LogP contribution in [0.3, 0.4) is 0 Å². The molecule has 0 radical (unpaired) electrons. The zero-order valence-corrected chi connectivity index (χ0v) is 22.7. The topological polar surface area (TPSA) is 111 Å². The minimum atomic E-state index is -3.86. The molecule has 38 heavy (non-hydrogen) atoms. The molecule has 1 saturated heterocycles. The number of aromatic nitrogens is 2. The summed E-state index contributed by atoms with van der Waals surface area (Å²) < 4.78 is 35.4. The van der Waals surface area contributed by atoms with Gasteiger partial charge in [-0.25, -0.2) is 13.4 Å². The van der Waals surface area contributed by atoms with E-state index in [9.17, 15) is 18.0 Å². The Bertz CT molecular complexity index is 1620. The van der Waals surface area contributed by atoms with Gasteiger partial charge in [0.15, 0.2) is 0 Å². The Labute approximate surface area is 224 Å². The summed E-state index contributed by atoms with van der Waals surface area (Å²) in [7, 11) is -3.86. The molecule has 11 heteroatoms. The van der Waals surface area contributed by atoms with Gasteiger partial charge >= 0.3 is 0 Å². The van der Waals surface area contributed by atoms with E-state index in [1.165, 1.54) is 22.0 Å². The van der Waals surface area contributed by atoms with E-state index in [4.69, 9.17) is 4.74 Å². The first-order chi connectivity index (χ1) is 18.2. The van der Waals surface area contributed by atoms with E-state index in [1.54, 1.807) is 31.2 Å². The molecule has 4 aromatic rings. The summed E-state index contributed by atoms with van der Waals surface area (Å²) >= 11 is 1.17. The van der Waals surface area contributed by atoms with Gasteiger partial charge in [-0.15, -0.1) is 11.3 Å². The number of benzene rings is 2. The number of anilines is 1. The summed E-state index contributed by atoms with van der Waals surface area (Å²) in [5, 5.41) is 2.80. The number of ether oxygens (including phenoxy) is 1. The fourth-order valence-corrected chi connectivity index (χ4v) is 7.61. The molecule has 5 rings (SSSR count). The lowest BCUT2D eigenvalue weighted by molar-refractivity contribution is -0.116. The summed E-state index contributed by atoms with van der Waals surface area (Å²) in [5.74, 6) is 1.34. The van der Waals surface area contributed by atoms with Crippen LogP contribution in [0.5, 0.6) is 11.5 Å². The number of sulfonamides is 1. The lowest BCUT2D eigenvalue weighted by atomic mass is 10.0. The van der Waals surface area contributed by atoms with Crippen molar-refractivity contribution in [2.45, 2.75) is 38.1 Å². The van der Waals surface area contributed by atoms with E-state index in [0.29, 0.717) is 45.9 Å². The second kappa shape index (κ2) is 10.7. The van der Waals surface area contributed by atoms with Gasteiger partial charge in [0.05, 0.1) is 11.7 Å². The van der Waals surface area contributed by atoms with E-state index in [1.807, 2.05) is 30.3 Å². The molecule has 0 spiro atoms. The molecule has 1 amide bonds. The van der Waals surface area contributed by atoms with Gasteiger partial charge in [0.1, 0.15) is 27.8 Å². The molecule has 1 N–H and O–H groups in total. The van der Waals surface area contributed by atoms with Gasteiger partial charge in [0.2, 0.25) is 15.9 Å². The maximum absolute atomic E-state index is 13.5. The van der Waals surface area contributed by atoms with Gasteiger partial charge in [0, 0.05) is 23.7 Å². The van der Waals surface area contributed by atoms with Crippen molar-refractivity contribution in [1.82, 2.24) is 13.9 Å². The minimum absolute atomic E-state index is 0.00770. The molecule has 2 aromatic carbocycles. The third-order valence-electron chi connectivity index (χ3n) is 6.57. The highest BCUT2D eigenvalue weighted by molar-refractivity contribution is 7.89.